The summed E-state index contributed by atoms with van der Waals surface area (Å²) in [6.45, 7) is 0.552. The van der Waals surface area contributed by atoms with Crippen molar-refractivity contribution in [2.75, 3.05) is 33.1 Å². The molecule has 2 rings (SSSR count). The van der Waals surface area contributed by atoms with Crippen molar-refractivity contribution < 1.29 is 19.1 Å². The minimum Gasteiger partial charge on any atom is -0.493 e. The maximum Gasteiger partial charge on any atom is 0.240 e. The third-order valence-electron chi connectivity index (χ3n) is 3.36. The first-order chi connectivity index (χ1) is 11.1. The molecule has 0 saturated heterocycles. The molecule has 7 heteroatoms. The third-order valence-corrected chi connectivity index (χ3v) is 4.09. The van der Waals surface area contributed by atoms with Gasteiger partial charge in [-0.05, 0) is 29.5 Å². The van der Waals surface area contributed by atoms with E-state index in [1.165, 1.54) is 16.7 Å². The average Bonchev–Trinajstić information content (AvgIpc) is 2.56. The number of carbonyl (C=O) groups excluding carboxylic acids is 2. The Morgan fingerprint density at radius 1 is 1.30 bits per heavy atom. The van der Waals surface area contributed by atoms with E-state index in [4.69, 9.17) is 9.47 Å². The number of hydrogen-bond acceptors (Lipinski definition) is 5. The highest BCUT2D eigenvalue weighted by atomic mass is 32.2. The van der Waals surface area contributed by atoms with E-state index in [1.807, 2.05) is 23.6 Å². The number of nitrogens with zero attached hydrogens (tertiary/aromatic N) is 1. The van der Waals surface area contributed by atoms with Gasteiger partial charge >= 0.3 is 0 Å². The van der Waals surface area contributed by atoms with Crippen LogP contribution in [-0.2, 0) is 16.0 Å². The molecule has 23 heavy (non-hydrogen) atoms. The van der Waals surface area contributed by atoms with E-state index in [-0.39, 0.29) is 18.4 Å². The molecular formula is C16H20N2O4S. The topological polar surface area (TPSA) is 67.9 Å². The van der Waals surface area contributed by atoms with Gasteiger partial charge in [-0.15, -0.1) is 11.8 Å². The van der Waals surface area contributed by atoms with E-state index >= 15 is 0 Å². The number of hydrogen-bond donors (Lipinski definition) is 1. The number of nitrogens with one attached hydrogen (secondary N) is 1. The van der Waals surface area contributed by atoms with Gasteiger partial charge in [0.05, 0.1) is 20.0 Å². The van der Waals surface area contributed by atoms with Crippen molar-refractivity contribution in [3.8, 4) is 11.5 Å². The molecule has 0 aliphatic carbocycles. The molecule has 1 heterocycles. The first kappa shape index (κ1) is 17.2. The summed E-state index contributed by atoms with van der Waals surface area (Å²) in [5.74, 6) is 1.50. The Morgan fingerprint density at radius 3 is 2.78 bits per heavy atom. The van der Waals surface area contributed by atoms with E-state index < -0.39 is 0 Å². The summed E-state index contributed by atoms with van der Waals surface area (Å²) in [4.78, 5) is 24.9. The van der Waals surface area contributed by atoms with Crippen molar-refractivity contribution in [1.29, 1.82) is 0 Å². The SMILES string of the molecule is COc1ccc(CCNC(=O)CN2C=CSCC2=O)cc1OC. The number of thioether (sulfide) groups is 1. The van der Waals surface area contributed by atoms with Gasteiger partial charge in [-0.3, -0.25) is 9.59 Å². The van der Waals surface area contributed by atoms with Gasteiger partial charge in [-0.25, -0.2) is 0 Å². The molecule has 1 N–H and O–H groups in total. The largest absolute Gasteiger partial charge is 0.493 e. The van der Waals surface area contributed by atoms with Gasteiger partial charge in [0.2, 0.25) is 11.8 Å². The van der Waals surface area contributed by atoms with Gasteiger partial charge in [0.15, 0.2) is 11.5 Å². The van der Waals surface area contributed by atoms with Crippen molar-refractivity contribution in [2.24, 2.45) is 0 Å². The van der Waals surface area contributed by atoms with Gasteiger partial charge in [0.25, 0.3) is 0 Å². The summed E-state index contributed by atoms with van der Waals surface area (Å²) in [6, 6.07) is 5.66. The van der Waals surface area contributed by atoms with Crippen molar-refractivity contribution in [3.05, 3.63) is 35.4 Å². The molecule has 0 spiro atoms. The molecule has 6 nitrogen and oxygen atoms in total. The molecule has 0 saturated carbocycles. The maximum absolute atomic E-state index is 11.9. The lowest BCUT2D eigenvalue weighted by Crippen LogP contribution is -2.39. The average molecular weight is 336 g/mol. The Labute approximate surface area is 139 Å². The van der Waals surface area contributed by atoms with Crippen LogP contribution >= 0.6 is 11.8 Å². The second-order valence-corrected chi connectivity index (χ2v) is 5.80. The fourth-order valence-corrected chi connectivity index (χ4v) is 2.77. The smallest absolute Gasteiger partial charge is 0.240 e. The van der Waals surface area contributed by atoms with Crippen LogP contribution in [-0.4, -0.2) is 49.8 Å². The fourth-order valence-electron chi connectivity index (χ4n) is 2.14. The normalized spacial score (nSPS) is 13.8. The lowest BCUT2D eigenvalue weighted by Gasteiger charge is -2.20. The van der Waals surface area contributed by atoms with Crippen LogP contribution in [0.15, 0.2) is 29.8 Å². The first-order valence-electron chi connectivity index (χ1n) is 7.19. The van der Waals surface area contributed by atoms with E-state index in [2.05, 4.69) is 5.32 Å². The predicted molar refractivity (Wildman–Crippen MR) is 89.6 cm³/mol. The van der Waals surface area contributed by atoms with Crippen LogP contribution < -0.4 is 14.8 Å². The lowest BCUT2D eigenvalue weighted by molar-refractivity contribution is -0.131. The zero-order valence-corrected chi connectivity index (χ0v) is 14.0. The quantitative estimate of drug-likeness (QED) is 0.815. The van der Waals surface area contributed by atoms with Crippen LogP contribution in [0.3, 0.4) is 0 Å². The summed E-state index contributed by atoms with van der Waals surface area (Å²) in [5, 5.41) is 4.64. The van der Waals surface area contributed by atoms with Crippen molar-refractivity contribution in [3.63, 3.8) is 0 Å². The predicted octanol–water partition coefficient (Wildman–Crippen LogP) is 1.41. The van der Waals surface area contributed by atoms with Crippen LogP contribution in [0, 0.1) is 0 Å². The molecular weight excluding hydrogens is 316 g/mol. The molecule has 1 aromatic carbocycles. The summed E-state index contributed by atoms with van der Waals surface area (Å²) >= 11 is 1.43. The Kier molecular flexibility index (Phi) is 6.34. The van der Waals surface area contributed by atoms with E-state index in [0.717, 1.165) is 5.56 Å². The molecule has 0 bridgehead atoms. The molecule has 1 aliphatic rings. The van der Waals surface area contributed by atoms with Crippen molar-refractivity contribution in [2.45, 2.75) is 6.42 Å². The van der Waals surface area contributed by atoms with Crippen LogP contribution in [0.2, 0.25) is 0 Å². The lowest BCUT2D eigenvalue weighted by atomic mass is 10.1. The molecule has 0 aromatic heterocycles. The highest BCUT2D eigenvalue weighted by Gasteiger charge is 2.17. The maximum atomic E-state index is 11.9. The Bertz CT molecular complexity index is 604. The van der Waals surface area contributed by atoms with Crippen molar-refractivity contribution >= 4 is 23.6 Å². The molecule has 0 radical (unpaired) electrons. The van der Waals surface area contributed by atoms with Gasteiger partial charge < -0.3 is 19.7 Å². The fraction of sp³-hybridized carbons (Fsp3) is 0.375. The third kappa shape index (κ3) is 4.92. The minimum atomic E-state index is -0.171. The van der Waals surface area contributed by atoms with Gasteiger partial charge in [0, 0.05) is 12.7 Å². The Morgan fingerprint density at radius 2 is 2.09 bits per heavy atom. The Balaban J connectivity index is 1.80. The summed E-state index contributed by atoms with van der Waals surface area (Å²) in [7, 11) is 3.18. The standard InChI is InChI=1S/C16H20N2O4S/c1-21-13-4-3-12(9-14(13)22-2)5-6-17-15(19)10-18-7-8-23-11-16(18)20/h3-4,7-9H,5-6,10-11H2,1-2H3,(H,17,19). The summed E-state index contributed by atoms with van der Waals surface area (Å²) in [5.41, 5.74) is 1.04. The highest BCUT2D eigenvalue weighted by molar-refractivity contribution is 8.02. The summed E-state index contributed by atoms with van der Waals surface area (Å²) < 4.78 is 10.4. The van der Waals surface area contributed by atoms with Crippen LogP contribution in [0.25, 0.3) is 0 Å². The molecule has 1 aliphatic heterocycles. The monoisotopic (exact) mass is 336 g/mol. The Hall–Kier alpha value is -2.15. The van der Waals surface area contributed by atoms with Gasteiger partial charge in [-0.1, -0.05) is 6.07 Å². The van der Waals surface area contributed by atoms with E-state index in [9.17, 15) is 9.59 Å². The number of ether oxygens (including phenoxy) is 2. The van der Waals surface area contributed by atoms with Crippen molar-refractivity contribution in [1.82, 2.24) is 10.2 Å². The van der Waals surface area contributed by atoms with Gasteiger partial charge in [-0.2, -0.15) is 0 Å². The minimum absolute atomic E-state index is 0.0486. The zero-order chi connectivity index (χ0) is 16.7. The van der Waals surface area contributed by atoms with Gasteiger partial charge in [0.1, 0.15) is 6.54 Å². The first-order valence-corrected chi connectivity index (χ1v) is 8.24. The van der Waals surface area contributed by atoms with E-state index in [1.54, 1.807) is 20.4 Å². The zero-order valence-electron chi connectivity index (χ0n) is 13.2. The molecule has 0 atom stereocenters. The molecule has 0 fully saturated rings. The number of carbonyl (C=O) groups is 2. The van der Waals surface area contributed by atoms with Crippen LogP contribution in [0.4, 0.5) is 0 Å². The second kappa shape index (κ2) is 8.47. The number of amides is 2. The molecule has 2 amide bonds. The molecule has 124 valence electrons. The van der Waals surface area contributed by atoms with Crippen LogP contribution in [0.1, 0.15) is 5.56 Å². The highest BCUT2D eigenvalue weighted by Crippen LogP contribution is 2.27. The number of rotatable bonds is 7. The number of benzene rings is 1. The van der Waals surface area contributed by atoms with E-state index in [0.29, 0.717) is 30.2 Å². The molecule has 0 unspecified atom stereocenters. The number of methoxy groups -OCH3 is 2. The van der Waals surface area contributed by atoms with Crippen LogP contribution in [0.5, 0.6) is 11.5 Å². The summed E-state index contributed by atoms with van der Waals surface area (Å²) in [6.07, 6.45) is 2.32. The molecule has 1 aromatic rings. The second-order valence-electron chi connectivity index (χ2n) is 4.91.